The summed E-state index contributed by atoms with van der Waals surface area (Å²) >= 11 is 0. The number of aliphatic hydroxyl groups excluding tert-OH is 2. The van der Waals surface area contributed by atoms with Gasteiger partial charge in [0.2, 0.25) is 0 Å². The zero-order valence-electron chi connectivity index (χ0n) is 7.63. The molecule has 0 heterocycles. The third-order valence-corrected chi connectivity index (χ3v) is 3.25. The lowest BCUT2D eigenvalue weighted by Gasteiger charge is -2.27. The average molecular weight is 192 g/mol. The lowest BCUT2D eigenvalue weighted by Crippen LogP contribution is -2.37. The fourth-order valence-corrected chi connectivity index (χ4v) is 1.17. The molecule has 0 aliphatic carbocycles. The maximum absolute atomic E-state index is 9.03. The van der Waals surface area contributed by atoms with Crippen molar-refractivity contribution in [1.82, 2.24) is 0 Å². The highest BCUT2D eigenvalue weighted by Gasteiger charge is 2.27. The van der Waals surface area contributed by atoms with Gasteiger partial charge < -0.3 is 14.9 Å². The maximum Gasteiger partial charge on any atom is 0.101 e. The molecule has 1 unspecified atom stereocenters. The Bertz CT molecular complexity index is 135. The molecule has 0 saturated carbocycles. The highest BCUT2D eigenvalue weighted by molar-refractivity contribution is 7.39. The third kappa shape index (κ3) is 3.53. The van der Waals surface area contributed by atoms with E-state index in [0.29, 0.717) is 20.9 Å². The molecule has 0 rings (SSSR count). The third-order valence-electron chi connectivity index (χ3n) is 1.73. The van der Waals surface area contributed by atoms with E-state index < -0.39 is 5.16 Å². The number of hydrogen-bond donors (Lipinski definition) is 2. The molecule has 1 atom stereocenters. The van der Waals surface area contributed by atoms with Crippen molar-refractivity contribution in [2.75, 3.05) is 26.5 Å². The quantitative estimate of drug-likeness (QED) is 0.477. The van der Waals surface area contributed by atoms with Crippen LogP contribution in [0.3, 0.4) is 0 Å². The molecule has 72 valence electrons. The first-order chi connectivity index (χ1) is 5.60. The number of hydrogen-bond acceptors (Lipinski definition) is 3. The zero-order chi connectivity index (χ0) is 9.61. The van der Waals surface area contributed by atoms with Crippen LogP contribution in [0.1, 0.15) is 6.92 Å². The minimum Gasteiger partial charge on any atom is -0.498 e. The molecule has 0 saturated heterocycles. The summed E-state index contributed by atoms with van der Waals surface area (Å²) in [5.41, 5.74) is 0. The molecule has 0 aromatic rings. The molecule has 0 aromatic heterocycles. The van der Waals surface area contributed by atoms with Crippen LogP contribution >= 0.6 is 8.58 Å². The fraction of sp³-hybridized carbons (Fsp3) is 0.750. The molecule has 4 heteroatoms. The zero-order valence-corrected chi connectivity index (χ0v) is 8.63. The van der Waals surface area contributed by atoms with Crippen LogP contribution in [-0.2, 0) is 4.74 Å². The lowest BCUT2D eigenvalue weighted by atomic mass is 10.2. The van der Waals surface area contributed by atoms with E-state index in [0.717, 1.165) is 0 Å². The molecular formula is C8H17O3P. The largest absolute Gasteiger partial charge is 0.498 e. The number of ether oxygens (including phenoxy) is 1. The first-order valence-electron chi connectivity index (χ1n) is 3.79. The second kappa shape index (κ2) is 5.52. The van der Waals surface area contributed by atoms with Crippen molar-refractivity contribution in [3.05, 3.63) is 12.3 Å². The highest BCUT2D eigenvalue weighted by atomic mass is 31.1. The van der Waals surface area contributed by atoms with Crippen molar-refractivity contribution in [1.29, 1.82) is 0 Å². The number of allylic oxidation sites excluding steroid dienone is 1. The van der Waals surface area contributed by atoms with Crippen molar-refractivity contribution < 1.29 is 14.9 Å². The Morgan fingerprint density at radius 3 is 2.25 bits per heavy atom. The molecule has 0 radical (unpaired) electrons. The van der Waals surface area contributed by atoms with E-state index in [-0.39, 0.29) is 13.2 Å². The van der Waals surface area contributed by atoms with E-state index in [1.807, 2.05) is 6.66 Å². The van der Waals surface area contributed by atoms with Gasteiger partial charge in [0.25, 0.3) is 0 Å². The van der Waals surface area contributed by atoms with Gasteiger partial charge in [-0.3, -0.25) is 0 Å². The van der Waals surface area contributed by atoms with Crippen LogP contribution in [0.25, 0.3) is 0 Å². The smallest absolute Gasteiger partial charge is 0.101 e. The molecule has 0 aliphatic rings. The van der Waals surface area contributed by atoms with Crippen molar-refractivity contribution >= 4 is 8.58 Å². The Morgan fingerprint density at radius 2 is 2.00 bits per heavy atom. The Morgan fingerprint density at radius 1 is 1.50 bits per heavy atom. The van der Waals surface area contributed by atoms with Crippen LogP contribution in [0.15, 0.2) is 12.3 Å². The van der Waals surface area contributed by atoms with Crippen LogP contribution in [0.4, 0.5) is 0 Å². The SMILES string of the molecule is C=C(C)OCC(CO)(CO)PC. The van der Waals surface area contributed by atoms with Crippen LogP contribution < -0.4 is 0 Å². The van der Waals surface area contributed by atoms with E-state index in [2.05, 4.69) is 6.58 Å². The Balaban J connectivity index is 4.01. The molecule has 12 heavy (non-hydrogen) atoms. The van der Waals surface area contributed by atoms with Gasteiger partial charge in [-0.05, 0) is 13.6 Å². The van der Waals surface area contributed by atoms with E-state index in [1.165, 1.54) is 0 Å². The van der Waals surface area contributed by atoms with Crippen molar-refractivity contribution in [2.24, 2.45) is 0 Å². The topological polar surface area (TPSA) is 49.7 Å². The van der Waals surface area contributed by atoms with Gasteiger partial charge in [0.15, 0.2) is 0 Å². The molecule has 0 aromatic carbocycles. The molecule has 0 aliphatic heterocycles. The van der Waals surface area contributed by atoms with E-state index in [9.17, 15) is 0 Å². The predicted octanol–water partition coefficient (Wildman–Crippen LogP) is 0.568. The monoisotopic (exact) mass is 192 g/mol. The van der Waals surface area contributed by atoms with Gasteiger partial charge in [0.1, 0.15) is 6.61 Å². The van der Waals surface area contributed by atoms with E-state index in [4.69, 9.17) is 14.9 Å². The second-order valence-electron chi connectivity index (χ2n) is 2.84. The van der Waals surface area contributed by atoms with Crippen molar-refractivity contribution in [3.63, 3.8) is 0 Å². The van der Waals surface area contributed by atoms with Gasteiger partial charge in [-0.25, -0.2) is 0 Å². The predicted molar refractivity (Wildman–Crippen MR) is 51.9 cm³/mol. The van der Waals surface area contributed by atoms with E-state index >= 15 is 0 Å². The number of rotatable bonds is 6. The maximum atomic E-state index is 9.03. The average Bonchev–Trinajstić information content (AvgIpc) is 2.08. The highest BCUT2D eigenvalue weighted by Crippen LogP contribution is 2.28. The van der Waals surface area contributed by atoms with Gasteiger partial charge in [-0.2, -0.15) is 0 Å². The van der Waals surface area contributed by atoms with E-state index in [1.54, 1.807) is 6.92 Å². The minimum absolute atomic E-state index is 0.0499. The Hall–Kier alpha value is -0.110. The van der Waals surface area contributed by atoms with Crippen molar-refractivity contribution in [3.8, 4) is 0 Å². The van der Waals surface area contributed by atoms with Crippen LogP contribution in [-0.4, -0.2) is 41.9 Å². The van der Waals surface area contributed by atoms with Crippen LogP contribution in [0.2, 0.25) is 0 Å². The lowest BCUT2D eigenvalue weighted by molar-refractivity contribution is 0.0977. The Labute approximate surface area is 75.2 Å². The summed E-state index contributed by atoms with van der Waals surface area (Å²) in [5, 5.41) is 17.6. The summed E-state index contributed by atoms with van der Waals surface area (Å²) in [4.78, 5) is 0. The standard InChI is InChI=1S/C8H17O3P/c1-7(2)11-6-8(4-9,5-10)12-3/h9-10,12H,1,4-6H2,2-3H3. The summed E-state index contributed by atoms with van der Waals surface area (Å²) in [6.07, 6.45) is 0. The fourth-order valence-electron chi connectivity index (χ4n) is 0.633. The molecule has 0 spiro atoms. The normalized spacial score (nSPS) is 12.3. The minimum atomic E-state index is -0.487. The molecule has 0 fully saturated rings. The van der Waals surface area contributed by atoms with Gasteiger partial charge in [-0.15, -0.1) is 8.58 Å². The molecule has 2 N–H and O–H groups in total. The van der Waals surface area contributed by atoms with Gasteiger partial charge >= 0.3 is 0 Å². The van der Waals surface area contributed by atoms with Gasteiger partial charge in [0.05, 0.1) is 24.1 Å². The second-order valence-corrected chi connectivity index (χ2v) is 4.40. The summed E-state index contributed by atoms with van der Waals surface area (Å²) in [7, 11) is 0.453. The summed E-state index contributed by atoms with van der Waals surface area (Å²) in [5.74, 6) is 0.611. The van der Waals surface area contributed by atoms with Gasteiger partial charge in [0, 0.05) is 0 Å². The van der Waals surface area contributed by atoms with Crippen molar-refractivity contribution in [2.45, 2.75) is 12.1 Å². The molecular weight excluding hydrogens is 175 g/mol. The number of aliphatic hydroxyl groups is 2. The van der Waals surface area contributed by atoms with Crippen LogP contribution in [0, 0.1) is 0 Å². The molecule has 0 amide bonds. The molecule has 0 bridgehead atoms. The summed E-state index contributed by atoms with van der Waals surface area (Å²) in [6, 6.07) is 0. The molecule has 3 nitrogen and oxygen atoms in total. The first-order valence-corrected chi connectivity index (χ1v) is 5.29. The van der Waals surface area contributed by atoms with Crippen LogP contribution in [0.5, 0.6) is 0 Å². The summed E-state index contributed by atoms with van der Waals surface area (Å²) in [6.45, 7) is 7.50. The first kappa shape index (κ1) is 11.9. The Kier molecular flexibility index (Phi) is 5.47. The van der Waals surface area contributed by atoms with Gasteiger partial charge in [-0.1, -0.05) is 6.58 Å². The summed E-state index contributed by atoms with van der Waals surface area (Å²) < 4.78 is 5.17.